The van der Waals surface area contributed by atoms with Crippen LogP contribution in [0, 0.1) is 5.82 Å². The third kappa shape index (κ3) is 4.52. The zero-order chi connectivity index (χ0) is 22.2. The molecule has 9 heteroatoms. The molecule has 0 atom stereocenters. The minimum atomic E-state index is -3.01. The first-order chi connectivity index (χ1) is 14.7. The molecule has 0 aliphatic carbocycles. The van der Waals surface area contributed by atoms with Gasteiger partial charge in [0.25, 0.3) is 5.91 Å². The molecule has 31 heavy (non-hydrogen) atoms. The quantitative estimate of drug-likeness (QED) is 0.663. The molecule has 1 aliphatic heterocycles. The minimum Gasteiger partial charge on any atom is -0.365 e. The predicted octanol–water partition coefficient (Wildman–Crippen LogP) is 1.85. The largest absolute Gasteiger partial charge is 0.365 e. The lowest BCUT2D eigenvalue weighted by Gasteiger charge is -2.20. The van der Waals surface area contributed by atoms with E-state index in [0.717, 1.165) is 5.56 Å². The van der Waals surface area contributed by atoms with Gasteiger partial charge in [0.1, 0.15) is 11.4 Å². The summed E-state index contributed by atoms with van der Waals surface area (Å²) in [6.45, 7) is 1.57. The van der Waals surface area contributed by atoms with Crippen molar-refractivity contribution in [2.75, 3.05) is 24.6 Å². The molecule has 1 saturated heterocycles. The maximum atomic E-state index is 13.4. The van der Waals surface area contributed by atoms with Gasteiger partial charge in [0.2, 0.25) is 5.43 Å². The second-order valence-corrected chi connectivity index (χ2v) is 10.0. The number of pyridine rings is 1. The van der Waals surface area contributed by atoms with E-state index in [0.29, 0.717) is 42.6 Å². The van der Waals surface area contributed by atoms with E-state index in [-0.39, 0.29) is 17.1 Å². The summed E-state index contributed by atoms with van der Waals surface area (Å²) < 4.78 is 38.7. The van der Waals surface area contributed by atoms with Gasteiger partial charge in [-0.1, -0.05) is 6.07 Å². The van der Waals surface area contributed by atoms with Gasteiger partial charge in [-0.3, -0.25) is 14.5 Å². The van der Waals surface area contributed by atoms with Gasteiger partial charge in [0.15, 0.2) is 9.84 Å². The minimum absolute atomic E-state index is 0.115. The van der Waals surface area contributed by atoms with Crippen LogP contribution in [0.15, 0.2) is 53.5 Å². The van der Waals surface area contributed by atoms with Crippen molar-refractivity contribution in [1.82, 2.24) is 9.47 Å². The molecule has 3 aromatic rings. The standard InChI is InChI=1S/C22H22FN3O4S/c23-16-3-5-17(6-4-16)26-14-19(22(24)28)21(27)18-12-15(2-7-20(18)26)13-25-8-1-10-31(29,30)11-9-25/h2-7,12,14H,1,8-11,13H2,(H2,24,28). The van der Waals surface area contributed by atoms with Crippen LogP contribution < -0.4 is 11.2 Å². The predicted molar refractivity (Wildman–Crippen MR) is 117 cm³/mol. The van der Waals surface area contributed by atoms with Crippen LogP contribution in [-0.4, -0.2) is 48.4 Å². The number of nitrogens with zero attached hydrogens (tertiary/aromatic N) is 2. The lowest BCUT2D eigenvalue weighted by atomic mass is 10.1. The summed E-state index contributed by atoms with van der Waals surface area (Å²) in [4.78, 5) is 26.9. The van der Waals surface area contributed by atoms with Crippen molar-refractivity contribution < 1.29 is 17.6 Å². The molecule has 7 nitrogen and oxygen atoms in total. The first-order valence-corrected chi connectivity index (χ1v) is 11.7. The van der Waals surface area contributed by atoms with Gasteiger partial charge in [-0.2, -0.15) is 0 Å². The second kappa shape index (κ2) is 8.24. The number of rotatable bonds is 4. The Morgan fingerprint density at radius 1 is 1.06 bits per heavy atom. The zero-order valence-corrected chi connectivity index (χ0v) is 17.6. The summed E-state index contributed by atoms with van der Waals surface area (Å²) in [5.41, 5.74) is 6.77. The summed E-state index contributed by atoms with van der Waals surface area (Å²) in [5.74, 6) is -0.938. The fourth-order valence-electron chi connectivity index (χ4n) is 3.87. The van der Waals surface area contributed by atoms with Gasteiger partial charge in [-0.15, -0.1) is 0 Å². The monoisotopic (exact) mass is 443 g/mol. The number of benzene rings is 2. The molecule has 2 aromatic carbocycles. The van der Waals surface area contributed by atoms with Crippen LogP contribution in [0.3, 0.4) is 0 Å². The number of sulfone groups is 1. The summed E-state index contributed by atoms with van der Waals surface area (Å²) in [7, 11) is -3.01. The highest BCUT2D eigenvalue weighted by Crippen LogP contribution is 2.21. The lowest BCUT2D eigenvalue weighted by Crippen LogP contribution is -2.27. The van der Waals surface area contributed by atoms with E-state index >= 15 is 0 Å². The van der Waals surface area contributed by atoms with Crippen LogP contribution in [0.2, 0.25) is 0 Å². The number of nitrogens with two attached hydrogens (primary N) is 1. The molecule has 0 bridgehead atoms. The van der Waals surface area contributed by atoms with Crippen molar-refractivity contribution in [3.63, 3.8) is 0 Å². The van der Waals surface area contributed by atoms with E-state index in [1.165, 1.54) is 18.3 Å². The van der Waals surface area contributed by atoms with Gasteiger partial charge < -0.3 is 10.3 Å². The SMILES string of the molecule is NC(=O)c1cn(-c2ccc(F)cc2)c2ccc(CN3CCCS(=O)(=O)CC3)cc2c1=O. The van der Waals surface area contributed by atoms with E-state index in [1.807, 2.05) is 11.0 Å². The van der Waals surface area contributed by atoms with Crippen molar-refractivity contribution >= 4 is 26.6 Å². The van der Waals surface area contributed by atoms with Gasteiger partial charge in [0.05, 0.1) is 17.0 Å². The van der Waals surface area contributed by atoms with Crippen molar-refractivity contribution in [3.05, 3.63) is 75.8 Å². The van der Waals surface area contributed by atoms with Crippen LogP contribution in [0.25, 0.3) is 16.6 Å². The number of carbonyl (C=O) groups is 1. The van der Waals surface area contributed by atoms with Crippen molar-refractivity contribution in [2.24, 2.45) is 5.73 Å². The average molecular weight is 444 g/mol. The highest BCUT2D eigenvalue weighted by atomic mass is 32.2. The number of carbonyl (C=O) groups excluding carboxylic acids is 1. The first kappa shape index (κ1) is 21.2. The molecule has 0 spiro atoms. The Balaban J connectivity index is 1.78. The van der Waals surface area contributed by atoms with E-state index in [4.69, 9.17) is 5.73 Å². The maximum Gasteiger partial charge on any atom is 0.254 e. The van der Waals surface area contributed by atoms with Crippen LogP contribution in [-0.2, 0) is 16.4 Å². The third-order valence-electron chi connectivity index (χ3n) is 5.49. The number of amides is 1. The van der Waals surface area contributed by atoms with Gasteiger partial charge in [0, 0.05) is 30.4 Å². The van der Waals surface area contributed by atoms with E-state index in [1.54, 1.807) is 28.8 Å². The molecule has 1 aromatic heterocycles. The van der Waals surface area contributed by atoms with E-state index in [2.05, 4.69) is 0 Å². The molecule has 0 saturated carbocycles. The van der Waals surface area contributed by atoms with Crippen LogP contribution in [0.4, 0.5) is 4.39 Å². The van der Waals surface area contributed by atoms with Crippen LogP contribution in [0.5, 0.6) is 0 Å². The number of halogens is 1. The number of hydrogen-bond donors (Lipinski definition) is 1. The topological polar surface area (TPSA) is 102 Å². The molecule has 2 N–H and O–H groups in total. The number of aromatic nitrogens is 1. The fraction of sp³-hybridized carbons (Fsp3) is 0.273. The molecule has 0 unspecified atom stereocenters. The first-order valence-electron chi connectivity index (χ1n) is 9.90. The highest BCUT2D eigenvalue weighted by Gasteiger charge is 2.20. The molecule has 0 radical (unpaired) electrons. The van der Waals surface area contributed by atoms with E-state index in [9.17, 15) is 22.4 Å². The summed E-state index contributed by atoms with van der Waals surface area (Å²) in [6, 6.07) is 11.0. The van der Waals surface area contributed by atoms with Gasteiger partial charge >= 0.3 is 0 Å². The fourth-order valence-corrected chi connectivity index (χ4v) is 5.18. The molecular formula is C22H22FN3O4S. The molecule has 162 valence electrons. The summed E-state index contributed by atoms with van der Waals surface area (Å²) >= 11 is 0. The van der Waals surface area contributed by atoms with Crippen molar-refractivity contribution in [1.29, 1.82) is 0 Å². The number of fused-ring (bicyclic) bond motifs is 1. The number of hydrogen-bond acceptors (Lipinski definition) is 5. The molecule has 1 amide bonds. The van der Waals surface area contributed by atoms with Crippen LogP contribution >= 0.6 is 0 Å². The number of primary amides is 1. The van der Waals surface area contributed by atoms with Crippen molar-refractivity contribution in [3.8, 4) is 5.69 Å². The Hall–Kier alpha value is -3.04. The third-order valence-corrected chi connectivity index (χ3v) is 7.21. The van der Waals surface area contributed by atoms with Crippen LogP contribution in [0.1, 0.15) is 22.3 Å². The Labute approximate surface area is 178 Å². The Kier molecular flexibility index (Phi) is 5.63. The summed E-state index contributed by atoms with van der Waals surface area (Å²) in [6.07, 6.45) is 1.94. The molecular weight excluding hydrogens is 421 g/mol. The average Bonchev–Trinajstić information content (AvgIpc) is 2.89. The van der Waals surface area contributed by atoms with Gasteiger partial charge in [-0.05, 0) is 54.9 Å². The Morgan fingerprint density at radius 3 is 2.52 bits per heavy atom. The lowest BCUT2D eigenvalue weighted by molar-refractivity contribution is 0.0999. The van der Waals surface area contributed by atoms with Crippen molar-refractivity contribution in [2.45, 2.75) is 13.0 Å². The highest BCUT2D eigenvalue weighted by molar-refractivity contribution is 7.91. The zero-order valence-electron chi connectivity index (χ0n) is 16.8. The second-order valence-electron chi connectivity index (χ2n) is 7.72. The Bertz CT molecular complexity index is 1320. The molecule has 1 aliphatic rings. The molecule has 1 fully saturated rings. The molecule has 4 rings (SSSR count). The van der Waals surface area contributed by atoms with E-state index < -0.39 is 27.0 Å². The Morgan fingerprint density at radius 2 is 1.81 bits per heavy atom. The molecule has 2 heterocycles. The normalized spacial score (nSPS) is 16.8. The summed E-state index contributed by atoms with van der Waals surface area (Å²) in [5, 5.41) is 0.320. The maximum absolute atomic E-state index is 13.4. The smallest absolute Gasteiger partial charge is 0.254 e. The van der Waals surface area contributed by atoms with Gasteiger partial charge in [-0.25, -0.2) is 12.8 Å².